The Morgan fingerprint density at radius 3 is 2.86 bits per heavy atom. The number of hydrogen-bond acceptors (Lipinski definition) is 3. The molecule has 3 nitrogen and oxygen atoms in total. The molecule has 0 bridgehead atoms. The van der Waals surface area contributed by atoms with Crippen LogP contribution in [0, 0.1) is 13.8 Å². The molecule has 0 aromatic heterocycles. The molecule has 3 unspecified atom stereocenters. The number of ether oxygens (including phenoxy) is 1. The highest BCUT2D eigenvalue weighted by atomic mass is 16.5. The maximum atomic E-state index is 10.6. The molecule has 116 valence electrons. The third-order valence-electron chi connectivity index (χ3n) is 5.06. The van der Waals surface area contributed by atoms with Gasteiger partial charge in [-0.1, -0.05) is 19.4 Å². The fraction of sp³-hybridized carbons (Fsp3) is 0.667. The van der Waals surface area contributed by atoms with Crippen molar-refractivity contribution in [3.63, 3.8) is 0 Å². The van der Waals surface area contributed by atoms with Crippen LogP contribution in [0.5, 0.6) is 5.75 Å². The van der Waals surface area contributed by atoms with Crippen LogP contribution < -0.4 is 4.74 Å². The number of rotatable bonds is 2. The van der Waals surface area contributed by atoms with Crippen molar-refractivity contribution in [2.24, 2.45) is 0 Å². The molecule has 3 heteroatoms. The lowest BCUT2D eigenvalue weighted by atomic mass is 9.87. The topological polar surface area (TPSA) is 32.7 Å². The quantitative estimate of drug-likeness (QED) is 0.906. The fourth-order valence-electron chi connectivity index (χ4n) is 4.11. The van der Waals surface area contributed by atoms with Crippen molar-refractivity contribution in [3.8, 4) is 5.75 Å². The maximum Gasteiger partial charge on any atom is 0.124 e. The Labute approximate surface area is 127 Å². The second kappa shape index (κ2) is 5.98. The molecule has 1 aromatic rings. The first-order chi connectivity index (χ1) is 10.1. The summed E-state index contributed by atoms with van der Waals surface area (Å²) in [7, 11) is 0. The predicted octanol–water partition coefficient (Wildman–Crippen LogP) is 3.36. The summed E-state index contributed by atoms with van der Waals surface area (Å²) >= 11 is 0. The molecule has 3 atom stereocenters. The Kier molecular flexibility index (Phi) is 4.23. The van der Waals surface area contributed by atoms with Gasteiger partial charge >= 0.3 is 0 Å². The Bertz CT molecular complexity index is 514. The van der Waals surface area contributed by atoms with E-state index < -0.39 is 6.10 Å². The standard InChI is InChI=1S/C18H27NO2/c1-4-14-7-5-6-8-19(14)18-15(20)11-21-16-10-12(2)9-13(3)17(16)18/h9-10,14-15,18,20H,4-8,11H2,1-3H3. The van der Waals surface area contributed by atoms with Crippen LogP contribution >= 0.6 is 0 Å². The summed E-state index contributed by atoms with van der Waals surface area (Å²) in [4.78, 5) is 2.54. The van der Waals surface area contributed by atoms with E-state index in [0.29, 0.717) is 12.6 Å². The van der Waals surface area contributed by atoms with Crippen LogP contribution in [0.3, 0.4) is 0 Å². The van der Waals surface area contributed by atoms with Crippen LogP contribution in [0.15, 0.2) is 12.1 Å². The lowest BCUT2D eigenvalue weighted by Crippen LogP contribution is -2.49. The molecule has 2 aliphatic heterocycles. The molecule has 3 rings (SSSR count). The maximum absolute atomic E-state index is 10.6. The number of fused-ring (bicyclic) bond motifs is 1. The Hall–Kier alpha value is -1.06. The average molecular weight is 289 g/mol. The largest absolute Gasteiger partial charge is 0.490 e. The van der Waals surface area contributed by atoms with Crippen LogP contribution in [-0.4, -0.2) is 35.3 Å². The van der Waals surface area contributed by atoms with E-state index in [1.165, 1.54) is 36.0 Å². The summed E-state index contributed by atoms with van der Waals surface area (Å²) in [5, 5.41) is 10.6. The smallest absolute Gasteiger partial charge is 0.124 e. The van der Waals surface area contributed by atoms with Crippen LogP contribution in [0.4, 0.5) is 0 Å². The number of aliphatic hydroxyl groups is 1. The minimum Gasteiger partial charge on any atom is -0.490 e. The monoisotopic (exact) mass is 289 g/mol. The number of aliphatic hydroxyl groups excluding tert-OH is 1. The number of piperidine rings is 1. The number of aryl methyl sites for hydroxylation is 2. The molecule has 0 amide bonds. The first kappa shape index (κ1) is 14.9. The molecular weight excluding hydrogens is 262 g/mol. The molecule has 1 saturated heterocycles. The van der Waals surface area contributed by atoms with Crippen molar-refractivity contribution < 1.29 is 9.84 Å². The Morgan fingerprint density at radius 2 is 2.10 bits per heavy atom. The number of likely N-dealkylation sites (tertiary alicyclic amines) is 1. The van der Waals surface area contributed by atoms with Crippen molar-refractivity contribution in [1.82, 2.24) is 4.90 Å². The summed E-state index contributed by atoms with van der Waals surface area (Å²) in [6.07, 6.45) is 4.53. The summed E-state index contributed by atoms with van der Waals surface area (Å²) in [6.45, 7) is 8.01. The normalized spacial score (nSPS) is 29.8. The molecule has 0 aliphatic carbocycles. The highest BCUT2D eigenvalue weighted by Gasteiger charge is 2.38. The molecule has 1 aromatic carbocycles. The van der Waals surface area contributed by atoms with E-state index in [2.05, 4.69) is 37.8 Å². The van der Waals surface area contributed by atoms with Gasteiger partial charge in [0, 0.05) is 11.6 Å². The van der Waals surface area contributed by atoms with Crippen LogP contribution in [0.25, 0.3) is 0 Å². The molecule has 2 heterocycles. The third kappa shape index (κ3) is 2.69. The lowest BCUT2D eigenvalue weighted by Gasteiger charge is -2.45. The second-order valence-electron chi connectivity index (χ2n) is 6.61. The van der Waals surface area contributed by atoms with Crippen molar-refractivity contribution in [3.05, 3.63) is 28.8 Å². The Morgan fingerprint density at radius 1 is 1.29 bits per heavy atom. The minimum atomic E-state index is -0.425. The molecule has 0 saturated carbocycles. The van der Waals surface area contributed by atoms with Gasteiger partial charge in [-0.3, -0.25) is 4.90 Å². The number of benzene rings is 1. The molecule has 1 N–H and O–H groups in total. The first-order valence-corrected chi connectivity index (χ1v) is 8.29. The van der Waals surface area contributed by atoms with Crippen LogP contribution in [0.2, 0.25) is 0 Å². The van der Waals surface area contributed by atoms with Crippen molar-refractivity contribution in [2.45, 2.75) is 64.6 Å². The molecule has 2 aliphatic rings. The van der Waals surface area contributed by atoms with Gasteiger partial charge in [-0.25, -0.2) is 0 Å². The van der Waals surface area contributed by atoms with Gasteiger partial charge < -0.3 is 9.84 Å². The van der Waals surface area contributed by atoms with Gasteiger partial charge in [0.25, 0.3) is 0 Å². The highest BCUT2D eigenvalue weighted by Crippen LogP contribution is 2.41. The number of hydrogen-bond donors (Lipinski definition) is 1. The van der Waals surface area contributed by atoms with Crippen molar-refractivity contribution in [2.75, 3.05) is 13.2 Å². The second-order valence-corrected chi connectivity index (χ2v) is 6.61. The van der Waals surface area contributed by atoms with Gasteiger partial charge in [0.05, 0.1) is 6.04 Å². The van der Waals surface area contributed by atoms with Crippen molar-refractivity contribution >= 4 is 0 Å². The molecule has 0 spiro atoms. The van der Waals surface area contributed by atoms with Gasteiger partial charge in [0.2, 0.25) is 0 Å². The summed E-state index contributed by atoms with van der Waals surface area (Å²) in [5.74, 6) is 0.975. The van der Waals surface area contributed by atoms with E-state index in [4.69, 9.17) is 4.74 Å². The van der Waals surface area contributed by atoms with E-state index in [-0.39, 0.29) is 6.04 Å². The molecular formula is C18H27NO2. The van der Waals surface area contributed by atoms with Crippen LogP contribution in [-0.2, 0) is 0 Å². The Balaban J connectivity index is 2.02. The fourth-order valence-corrected chi connectivity index (χ4v) is 4.11. The van der Waals surface area contributed by atoms with Gasteiger partial charge in [-0.2, -0.15) is 0 Å². The third-order valence-corrected chi connectivity index (χ3v) is 5.06. The number of nitrogens with zero attached hydrogens (tertiary/aromatic N) is 1. The first-order valence-electron chi connectivity index (χ1n) is 8.29. The van der Waals surface area contributed by atoms with E-state index >= 15 is 0 Å². The van der Waals surface area contributed by atoms with E-state index in [9.17, 15) is 5.11 Å². The summed E-state index contributed by atoms with van der Waals surface area (Å²) in [5.41, 5.74) is 3.68. The van der Waals surface area contributed by atoms with Gasteiger partial charge in [0.15, 0.2) is 0 Å². The minimum absolute atomic E-state index is 0.0969. The zero-order valence-corrected chi connectivity index (χ0v) is 13.4. The zero-order chi connectivity index (χ0) is 15.0. The molecule has 0 radical (unpaired) electrons. The highest BCUT2D eigenvalue weighted by molar-refractivity contribution is 5.47. The predicted molar refractivity (Wildman–Crippen MR) is 84.8 cm³/mol. The van der Waals surface area contributed by atoms with E-state index in [0.717, 1.165) is 18.7 Å². The van der Waals surface area contributed by atoms with Gasteiger partial charge in [-0.15, -0.1) is 0 Å². The van der Waals surface area contributed by atoms with Crippen molar-refractivity contribution in [1.29, 1.82) is 0 Å². The lowest BCUT2D eigenvalue weighted by molar-refractivity contribution is -0.0294. The summed E-state index contributed by atoms with van der Waals surface area (Å²) < 4.78 is 5.81. The van der Waals surface area contributed by atoms with Crippen LogP contribution in [0.1, 0.15) is 55.3 Å². The van der Waals surface area contributed by atoms with Gasteiger partial charge in [-0.05, 0) is 56.8 Å². The molecule has 21 heavy (non-hydrogen) atoms. The van der Waals surface area contributed by atoms with Gasteiger partial charge in [0.1, 0.15) is 18.5 Å². The molecule has 1 fully saturated rings. The SMILES string of the molecule is CCC1CCCCN1C1c2c(C)cc(C)cc2OCC1O. The average Bonchev–Trinajstić information content (AvgIpc) is 2.47. The zero-order valence-electron chi connectivity index (χ0n) is 13.4. The van der Waals surface area contributed by atoms with E-state index in [1.807, 2.05) is 0 Å². The summed E-state index contributed by atoms with van der Waals surface area (Å²) in [6, 6.07) is 5.01. The van der Waals surface area contributed by atoms with E-state index in [1.54, 1.807) is 0 Å².